The van der Waals surface area contributed by atoms with Crippen LogP contribution in [0.5, 0.6) is 0 Å². The van der Waals surface area contributed by atoms with Crippen LogP contribution in [0.3, 0.4) is 0 Å². The van der Waals surface area contributed by atoms with Gasteiger partial charge in [0.15, 0.2) is 0 Å². The van der Waals surface area contributed by atoms with Crippen molar-refractivity contribution < 1.29 is 19.1 Å². The smallest absolute Gasteiger partial charge is 0.293 e. The van der Waals surface area contributed by atoms with Crippen LogP contribution in [0.2, 0.25) is 0 Å². The molecule has 100 valence electrons. The number of carbonyl (C=O) groups is 2. The Balaban J connectivity index is 1.97. The van der Waals surface area contributed by atoms with E-state index in [1.54, 1.807) is 0 Å². The molecule has 0 saturated heterocycles. The summed E-state index contributed by atoms with van der Waals surface area (Å²) in [6, 6.07) is 0. The Kier molecular flexibility index (Phi) is 2.48. The minimum atomic E-state index is -0.375. The van der Waals surface area contributed by atoms with Crippen molar-refractivity contribution in [3.05, 3.63) is 0 Å². The Morgan fingerprint density at radius 3 is 2.00 bits per heavy atom. The molecular formula is C14H20O4. The zero-order chi connectivity index (χ0) is 12.9. The van der Waals surface area contributed by atoms with E-state index in [2.05, 4.69) is 6.92 Å². The van der Waals surface area contributed by atoms with Gasteiger partial charge < -0.3 is 9.47 Å². The highest BCUT2D eigenvalue weighted by atomic mass is 16.6. The quantitative estimate of drug-likeness (QED) is 0.704. The molecule has 0 aromatic heterocycles. The van der Waals surface area contributed by atoms with Crippen molar-refractivity contribution in [2.75, 3.05) is 0 Å². The lowest BCUT2D eigenvalue weighted by atomic mass is 9.45. The van der Waals surface area contributed by atoms with Gasteiger partial charge in [0.25, 0.3) is 12.9 Å². The largest absolute Gasteiger partial charge is 0.461 e. The van der Waals surface area contributed by atoms with Crippen molar-refractivity contribution in [2.24, 2.45) is 11.3 Å². The van der Waals surface area contributed by atoms with Crippen LogP contribution in [0.15, 0.2) is 0 Å². The van der Waals surface area contributed by atoms with Gasteiger partial charge in [0.1, 0.15) is 11.2 Å². The third kappa shape index (κ3) is 1.57. The first-order valence-corrected chi connectivity index (χ1v) is 6.82. The second kappa shape index (κ2) is 3.72. The van der Waals surface area contributed by atoms with Crippen molar-refractivity contribution in [1.82, 2.24) is 0 Å². The molecule has 4 nitrogen and oxygen atoms in total. The molecule has 0 aliphatic heterocycles. The third-order valence-corrected chi connectivity index (χ3v) is 5.43. The fourth-order valence-corrected chi connectivity index (χ4v) is 5.32. The van der Waals surface area contributed by atoms with E-state index in [-0.39, 0.29) is 16.6 Å². The number of carbonyl (C=O) groups excluding carboxylic acids is 2. The Morgan fingerprint density at radius 1 is 1.00 bits per heavy atom. The maximum Gasteiger partial charge on any atom is 0.293 e. The van der Waals surface area contributed by atoms with Crippen LogP contribution >= 0.6 is 0 Å². The minimum absolute atomic E-state index is 0.200. The van der Waals surface area contributed by atoms with E-state index in [4.69, 9.17) is 9.47 Å². The lowest BCUT2D eigenvalue weighted by Crippen LogP contribution is -2.64. The molecule has 18 heavy (non-hydrogen) atoms. The number of hydrogen-bond donors (Lipinski definition) is 0. The molecule has 0 amide bonds. The van der Waals surface area contributed by atoms with Gasteiger partial charge in [-0.15, -0.1) is 0 Å². The van der Waals surface area contributed by atoms with Crippen LogP contribution in [0, 0.1) is 11.3 Å². The summed E-state index contributed by atoms with van der Waals surface area (Å²) >= 11 is 0. The van der Waals surface area contributed by atoms with Gasteiger partial charge in [0.2, 0.25) is 0 Å². The van der Waals surface area contributed by atoms with Gasteiger partial charge in [-0.1, -0.05) is 13.3 Å². The molecule has 4 heteroatoms. The monoisotopic (exact) mass is 252 g/mol. The Morgan fingerprint density at radius 2 is 1.56 bits per heavy atom. The van der Waals surface area contributed by atoms with Crippen LogP contribution in [-0.4, -0.2) is 24.1 Å². The summed E-state index contributed by atoms with van der Waals surface area (Å²) in [7, 11) is 0. The predicted molar refractivity (Wildman–Crippen MR) is 63.7 cm³/mol. The molecule has 0 aromatic carbocycles. The lowest BCUT2D eigenvalue weighted by Gasteiger charge is -2.64. The fraction of sp³-hybridized carbons (Fsp3) is 0.857. The van der Waals surface area contributed by atoms with Gasteiger partial charge in [0, 0.05) is 6.42 Å². The second-order valence-corrected chi connectivity index (χ2v) is 6.66. The van der Waals surface area contributed by atoms with E-state index >= 15 is 0 Å². The summed E-state index contributed by atoms with van der Waals surface area (Å²) in [6.45, 7) is 3.34. The molecule has 4 fully saturated rings. The minimum Gasteiger partial charge on any atom is -0.461 e. The molecule has 4 saturated carbocycles. The number of rotatable bonds is 5. The molecule has 0 spiro atoms. The van der Waals surface area contributed by atoms with Crippen molar-refractivity contribution in [1.29, 1.82) is 0 Å². The van der Waals surface area contributed by atoms with Gasteiger partial charge in [-0.3, -0.25) is 9.59 Å². The maximum atomic E-state index is 10.8. The first-order chi connectivity index (χ1) is 8.59. The van der Waals surface area contributed by atoms with Gasteiger partial charge >= 0.3 is 0 Å². The van der Waals surface area contributed by atoms with Crippen LogP contribution in [0.4, 0.5) is 0 Å². The molecule has 0 aromatic rings. The zero-order valence-corrected chi connectivity index (χ0v) is 10.8. The highest BCUT2D eigenvalue weighted by molar-refractivity contribution is 5.41. The number of ether oxygens (including phenoxy) is 2. The summed E-state index contributed by atoms with van der Waals surface area (Å²) < 4.78 is 10.9. The Labute approximate surface area is 107 Å². The summed E-state index contributed by atoms with van der Waals surface area (Å²) in [5, 5.41) is 0. The number of hydrogen-bond acceptors (Lipinski definition) is 4. The summed E-state index contributed by atoms with van der Waals surface area (Å²) in [4.78, 5) is 21.6. The van der Waals surface area contributed by atoms with Crippen LogP contribution in [-0.2, 0) is 19.1 Å². The molecule has 2 atom stereocenters. The normalized spacial score (nSPS) is 48.8. The fourth-order valence-electron chi connectivity index (χ4n) is 5.32. The van der Waals surface area contributed by atoms with E-state index in [0.717, 1.165) is 32.1 Å². The summed E-state index contributed by atoms with van der Waals surface area (Å²) in [5.41, 5.74) is -0.550. The molecule has 0 radical (unpaired) electrons. The topological polar surface area (TPSA) is 52.6 Å². The van der Waals surface area contributed by atoms with E-state index in [1.807, 2.05) is 0 Å². The third-order valence-electron chi connectivity index (χ3n) is 5.43. The lowest BCUT2D eigenvalue weighted by molar-refractivity contribution is -0.242. The molecule has 0 heterocycles. The van der Waals surface area contributed by atoms with Gasteiger partial charge in [-0.2, -0.15) is 0 Å². The summed E-state index contributed by atoms with van der Waals surface area (Å²) in [5.74, 6) is 0.529. The molecule has 0 N–H and O–H groups in total. The second-order valence-electron chi connectivity index (χ2n) is 6.66. The SMILES string of the molecule is CCC12CC3CC(OC=O)(C1)CC(OC=O)(C3)C2. The van der Waals surface area contributed by atoms with Crippen LogP contribution < -0.4 is 0 Å². The highest BCUT2D eigenvalue weighted by Crippen LogP contribution is 2.66. The van der Waals surface area contributed by atoms with E-state index in [9.17, 15) is 9.59 Å². The Hall–Kier alpha value is -1.06. The molecular weight excluding hydrogens is 232 g/mol. The molecule has 4 aliphatic carbocycles. The first kappa shape index (κ1) is 12.0. The van der Waals surface area contributed by atoms with Crippen molar-refractivity contribution >= 4 is 12.9 Å². The molecule has 4 bridgehead atoms. The summed E-state index contributed by atoms with van der Waals surface area (Å²) in [6.07, 6.45) is 6.71. The standard InChI is InChI=1S/C14H20O4/c1-2-12-3-11-4-13(6-12,17-9-15)8-14(5-11,7-12)18-10-16/h9-11H,2-8H2,1H3. The Bertz CT molecular complexity index is 352. The van der Waals surface area contributed by atoms with E-state index in [0.29, 0.717) is 25.3 Å². The average Bonchev–Trinajstić information content (AvgIpc) is 2.27. The zero-order valence-electron chi connectivity index (χ0n) is 10.8. The van der Waals surface area contributed by atoms with Crippen molar-refractivity contribution in [2.45, 2.75) is 63.1 Å². The van der Waals surface area contributed by atoms with Gasteiger partial charge in [0.05, 0.1) is 0 Å². The van der Waals surface area contributed by atoms with E-state index in [1.165, 1.54) is 6.42 Å². The highest BCUT2D eigenvalue weighted by Gasteiger charge is 2.65. The van der Waals surface area contributed by atoms with Crippen LogP contribution in [0.1, 0.15) is 51.9 Å². The average molecular weight is 252 g/mol. The van der Waals surface area contributed by atoms with Crippen molar-refractivity contribution in [3.63, 3.8) is 0 Å². The predicted octanol–water partition coefficient (Wildman–Crippen LogP) is 2.20. The first-order valence-electron chi connectivity index (χ1n) is 6.82. The molecule has 2 unspecified atom stereocenters. The van der Waals surface area contributed by atoms with Gasteiger partial charge in [-0.25, -0.2) is 0 Å². The van der Waals surface area contributed by atoms with Crippen molar-refractivity contribution in [3.8, 4) is 0 Å². The maximum absolute atomic E-state index is 10.8. The van der Waals surface area contributed by atoms with E-state index < -0.39 is 0 Å². The van der Waals surface area contributed by atoms with Gasteiger partial charge in [-0.05, 0) is 43.4 Å². The molecule has 4 aliphatic rings. The molecule has 4 rings (SSSR count). The van der Waals surface area contributed by atoms with Crippen LogP contribution in [0.25, 0.3) is 0 Å².